The fourth-order valence-electron chi connectivity index (χ4n) is 3.61. The van der Waals surface area contributed by atoms with E-state index < -0.39 is 0 Å². The first-order valence-corrected chi connectivity index (χ1v) is 10.8. The molecule has 0 spiro atoms. The Morgan fingerprint density at radius 1 is 0.750 bits per heavy atom. The van der Waals surface area contributed by atoms with Crippen LogP contribution < -0.4 is 10.1 Å². The van der Waals surface area contributed by atoms with E-state index in [1.165, 1.54) is 60.4 Å². The van der Waals surface area contributed by atoms with Crippen LogP contribution in [0.1, 0.15) is 56.6 Å². The summed E-state index contributed by atoms with van der Waals surface area (Å²) in [5, 5.41) is 6.19. The third-order valence-corrected chi connectivity index (χ3v) is 5.24. The number of nitrogens with one attached hydrogen (secondary N) is 1. The van der Waals surface area contributed by atoms with Crippen LogP contribution in [0.3, 0.4) is 0 Å². The lowest BCUT2D eigenvalue weighted by Gasteiger charge is -2.15. The maximum atomic E-state index is 6.21. The average molecular weight is 376 g/mol. The molecule has 148 valence electrons. The molecule has 0 saturated heterocycles. The van der Waals surface area contributed by atoms with Gasteiger partial charge in [-0.05, 0) is 35.4 Å². The zero-order valence-corrected chi connectivity index (χ0v) is 17.1. The molecule has 3 rings (SSSR count). The molecule has 2 heteroatoms. The minimum Gasteiger partial charge on any atom is -0.489 e. The smallest absolute Gasteiger partial charge is 0.124 e. The Balaban J connectivity index is 1.61. The normalized spacial score (nSPS) is 11.0. The molecule has 0 fully saturated rings. The molecule has 0 aliphatic rings. The predicted molar refractivity (Wildman–Crippen MR) is 120 cm³/mol. The van der Waals surface area contributed by atoms with Gasteiger partial charge in [-0.3, -0.25) is 0 Å². The first-order chi connectivity index (χ1) is 13.9. The molecule has 0 atom stereocenters. The summed E-state index contributed by atoms with van der Waals surface area (Å²) in [6.45, 7) is 4.78. The number of benzene rings is 3. The maximum absolute atomic E-state index is 6.21. The second-order valence-electron chi connectivity index (χ2n) is 7.48. The lowest BCUT2D eigenvalue weighted by molar-refractivity contribution is 0.302. The van der Waals surface area contributed by atoms with E-state index in [0.717, 1.165) is 18.8 Å². The van der Waals surface area contributed by atoms with Crippen molar-refractivity contribution >= 4 is 10.8 Å². The van der Waals surface area contributed by atoms with E-state index in [4.69, 9.17) is 4.74 Å². The summed E-state index contributed by atoms with van der Waals surface area (Å²) in [7, 11) is 0. The molecule has 3 aromatic rings. The summed E-state index contributed by atoms with van der Waals surface area (Å²) in [5.74, 6) is 0.984. The molecule has 3 aromatic carbocycles. The number of rotatable bonds is 12. The second-order valence-corrected chi connectivity index (χ2v) is 7.48. The molecule has 0 bridgehead atoms. The Kier molecular flexibility index (Phi) is 8.39. The van der Waals surface area contributed by atoms with E-state index >= 15 is 0 Å². The van der Waals surface area contributed by atoms with Crippen LogP contribution in [-0.4, -0.2) is 6.54 Å². The molecule has 2 nitrogen and oxygen atoms in total. The molecule has 0 amide bonds. The first-order valence-electron chi connectivity index (χ1n) is 10.8. The average Bonchev–Trinajstić information content (AvgIpc) is 2.75. The highest BCUT2D eigenvalue weighted by molar-refractivity contribution is 5.87. The van der Waals surface area contributed by atoms with E-state index in [-0.39, 0.29) is 0 Å². The molecular formula is C26H33NO. The summed E-state index contributed by atoms with van der Waals surface area (Å²) in [6, 6.07) is 23.2. The van der Waals surface area contributed by atoms with Crippen LogP contribution in [0.4, 0.5) is 0 Å². The van der Waals surface area contributed by atoms with E-state index in [9.17, 15) is 0 Å². The van der Waals surface area contributed by atoms with E-state index in [0.29, 0.717) is 6.61 Å². The topological polar surface area (TPSA) is 21.3 Å². The third kappa shape index (κ3) is 6.10. The van der Waals surface area contributed by atoms with E-state index in [1.807, 2.05) is 6.07 Å². The van der Waals surface area contributed by atoms with Gasteiger partial charge in [-0.15, -0.1) is 0 Å². The van der Waals surface area contributed by atoms with Crippen LogP contribution in [0.2, 0.25) is 0 Å². The highest BCUT2D eigenvalue weighted by Gasteiger charge is 2.09. The predicted octanol–water partition coefficient (Wildman–Crippen LogP) is 6.87. The highest BCUT2D eigenvalue weighted by Crippen LogP contribution is 2.28. The van der Waals surface area contributed by atoms with E-state index in [2.05, 4.69) is 72.9 Å². The Bertz CT molecular complexity index is 828. The van der Waals surface area contributed by atoms with Gasteiger partial charge in [-0.25, -0.2) is 0 Å². The monoisotopic (exact) mass is 375 g/mol. The minimum atomic E-state index is 0.601. The third-order valence-electron chi connectivity index (χ3n) is 5.24. The molecule has 0 radical (unpaired) electrons. The van der Waals surface area contributed by atoms with Gasteiger partial charge in [0.05, 0.1) is 0 Å². The summed E-state index contributed by atoms with van der Waals surface area (Å²) >= 11 is 0. The van der Waals surface area contributed by atoms with Crippen molar-refractivity contribution in [3.8, 4) is 5.75 Å². The molecule has 0 aliphatic carbocycles. The Labute approximate surface area is 169 Å². The Hall–Kier alpha value is -2.32. The van der Waals surface area contributed by atoms with Gasteiger partial charge in [0.15, 0.2) is 0 Å². The zero-order chi connectivity index (χ0) is 19.4. The van der Waals surface area contributed by atoms with Crippen molar-refractivity contribution in [2.45, 2.75) is 58.6 Å². The van der Waals surface area contributed by atoms with Gasteiger partial charge in [-0.2, -0.15) is 0 Å². The van der Waals surface area contributed by atoms with Gasteiger partial charge in [0.2, 0.25) is 0 Å². The van der Waals surface area contributed by atoms with Crippen molar-refractivity contribution in [3.63, 3.8) is 0 Å². The number of unbranched alkanes of at least 4 members (excludes halogenated alkanes) is 5. The lowest BCUT2D eigenvalue weighted by Crippen LogP contribution is -2.16. The van der Waals surface area contributed by atoms with Gasteiger partial charge in [-0.1, -0.05) is 99.7 Å². The minimum absolute atomic E-state index is 0.601. The van der Waals surface area contributed by atoms with Crippen molar-refractivity contribution < 1.29 is 4.74 Å². The summed E-state index contributed by atoms with van der Waals surface area (Å²) in [4.78, 5) is 0. The van der Waals surface area contributed by atoms with Crippen molar-refractivity contribution in [2.24, 2.45) is 0 Å². The quantitative estimate of drug-likeness (QED) is 0.349. The standard InChI is InChI=1S/C26H33NO/c1-2-3-4-5-6-12-19-27-20-25-24-16-11-10-15-23(24)17-18-26(25)28-21-22-13-8-7-9-14-22/h7-11,13-18,27H,2-6,12,19-21H2,1H3. The Morgan fingerprint density at radius 2 is 1.50 bits per heavy atom. The van der Waals surface area contributed by atoms with Crippen LogP contribution >= 0.6 is 0 Å². The lowest BCUT2D eigenvalue weighted by atomic mass is 10.0. The largest absolute Gasteiger partial charge is 0.489 e. The molecule has 0 unspecified atom stereocenters. The Morgan fingerprint density at radius 3 is 2.36 bits per heavy atom. The SMILES string of the molecule is CCCCCCCCNCc1c(OCc2ccccc2)ccc2ccccc12. The first kappa shape index (κ1) is 20.4. The summed E-state index contributed by atoms with van der Waals surface area (Å²) in [6.07, 6.45) is 7.97. The number of fused-ring (bicyclic) bond motifs is 1. The summed E-state index contributed by atoms with van der Waals surface area (Å²) < 4.78 is 6.21. The fourth-order valence-corrected chi connectivity index (χ4v) is 3.61. The molecule has 28 heavy (non-hydrogen) atoms. The molecule has 0 aliphatic heterocycles. The van der Waals surface area contributed by atoms with Gasteiger partial charge in [0, 0.05) is 12.1 Å². The molecule has 1 N–H and O–H groups in total. The van der Waals surface area contributed by atoms with Gasteiger partial charge < -0.3 is 10.1 Å². The van der Waals surface area contributed by atoms with Gasteiger partial charge >= 0.3 is 0 Å². The number of ether oxygens (including phenoxy) is 1. The van der Waals surface area contributed by atoms with Crippen LogP contribution in [0.25, 0.3) is 10.8 Å². The summed E-state index contributed by atoms with van der Waals surface area (Å²) in [5.41, 5.74) is 2.46. The van der Waals surface area contributed by atoms with Crippen LogP contribution in [0.5, 0.6) is 5.75 Å². The van der Waals surface area contributed by atoms with Crippen LogP contribution in [-0.2, 0) is 13.2 Å². The molecule has 0 saturated carbocycles. The van der Waals surface area contributed by atoms with Crippen molar-refractivity contribution in [1.29, 1.82) is 0 Å². The molecule has 0 aromatic heterocycles. The van der Waals surface area contributed by atoms with Gasteiger partial charge in [0.1, 0.15) is 12.4 Å². The van der Waals surface area contributed by atoms with Crippen LogP contribution in [0, 0.1) is 0 Å². The number of hydrogen-bond donors (Lipinski definition) is 1. The molecular weight excluding hydrogens is 342 g/mol. The van der Waals surface area contributed by atoms with Crippen molar-refractivity contribution in [2.75, 3.05) is 6.54 Å². The zero-order valence-electron chi connectivity index (χ0n) is 17.1. The second kappa shape index (κ2) is 11.5. The van der Waals surface area contributed by atoms with Gasteiger partial charge in [0.25, 0.3) is 0 Å². The van der Waals surface area contributed by atoms with E-state index in [1.54, 1.807) is 0 Å². The molecule has 0 heterocycles. The maximum Gasteiger partial charge on any atom is 0.124 e. The van der Waals surface area contributed by atoms with Crippen molar-refractivity contribution in [3.05, 3.63) is 77.9 Å². The highest BCUT2D eigenvalue weighted by atomic mass is 16.5. The van der Waals surface area contributed by atoms with Crippen molar-refractivity contribution in [1.82, 2.24) is 5.32 Å². The fraction of sp³-hybridized carbons (Fsp3) is 0.385. The number of hydrogen-bond acceptors (Lipinski definition) is 2. The van der Waals surface area contributed by atoms with Crippen LogP contribution in [0.15, 0.2) is 66.7 Å².